The van der Waals surface area contributed by atoms with Crippen molar-refractivity contribution in [3.05, 3.63) is 21.9 Å². The predicted molar refractivity (Wildman–Crippen MR) is 57.1 cm³/mol. The van der Waals surface area contributed by atoms with Crippen LogP contribution < -0.4 is 5.73 Å². The number of nitrogens with two attached hydrogens (primary N) is 1. The van der Waals surface area contributed by atoms with Gasteiger partial charge in [0.2, 0.25) is 0 Å². The lowest BCUT2D eigenvalue weighted by atomic mass is 9.95. The minimum Gasteiger partial charge on any atom is -0.385 e. The first kappa shape index (κ1) is 10.7. The molecular weight excluding hydrogens is 182 g/mol. The second kappa shape index (κ2) is 4.22. The number of methoxy groups -OCH3 is 1. The molecule has 1 aromatic rings. The molecule has 2 nitrogen and oxygen atoms in total. The monoisotopic (exact) mass is 199 g/mol. The highest BCUT2D eigenvalue weighted by molar-refractivity contribution is 7.10. The molecule has 0 amide bonds. The molecule has 0 aromatic carbocycles. The van der Waals surface area contributed by atoms with Gasteiger partial charge < -0.3 is 10.5 Å². The quantitative estimate of drug-likeness (QED) is 0.807. The van der Waals surface area contributed by atoms with E-state index in [1.54, 1.807) is 18.4 Å². The minimum atomic E-state index is -0.242. The first-order chi connectivity index (χ1) is 6.08. The van der Waals surface area contributed by atoms with Gasteiger partial charge in [-0.15, -0.1) is 11.3 Å². The molecule has 0 saturated heterocycles. The Morgan fingerprint density at radius 3 is 2.77 bits per heavy atom. The Labute approximate surface area is 83.7 Å². The van der Waals surface area contributed by atoms with Crippen LogP contribution in [0.1, 0.15) is 23.8 Å². The summed E-state index contributed by atoms with van der Waals surface area (Å²) in [6, 6.07) is 2.11. The van der Waals surface area contributed by atoms with Crippen molar-refractivity contribution in [2.24, 2.45) is 5.73 Å². The molecule has 74 valence electrons. The van der Waals surface area contributed by atoms with Crippen LogP contribution >= 0.6 is 11.3 Å². The first-order valence-corrected chi connectivity index (χ1v) is 5.28. The lowest BCUT2D eigenvalue weighted by molar-refractivity contribution is 0.172. The van der Waals surface area contributed by atoms with Gasteiger partial charge in [-0.25, -0.2) is 0 Å². The third kappa shape index (κ3) is 2.53. The van der Waals surface area contributed by atoms with Gasteiger partial charge in [-0.05, 0) is 37.3 Å². The zero-order valence-electron chi connectivity index (χ0n) is 8.46. The van der Waals surface area contributed by atoms with Crippen LogP contribution in [-0.4, -0.2) is 13.7 Å². The highest BCUT2D eigenvalue weighted by Gasteiger charge is 2.23. The van der Waals surface area contributed by atoms with E-state index in [1.165, 1.54) is 10.4 Å². The van der Waals surface area contributed by atoms with Gasteiger partial charge in [-0.3, -0.25) is 0 Å². The van der Waals surface area contributed by atoms with E-state index >= 15 is 0 Å². The third-order valence-electron chi connectivity index (χ3n) is 2.21. The van der Waals surface area contributed by atoms with E-state index in [4.69, 9.17) is 10.5 Å². The molecule has 1 atom stereocenters. The van der Waals surface area contributed by atoms with Crippen molar-refractivity contribution < 1.29 is 4.74 Å². The van der Waals surface area contributed by atoms with Gasteiger partial charge in [0, 0.05) is 24.1 Å². The van der Waals surface area contributed by atoms with Crippen molar-refractivity contribution in [2.75, 3.05) is 13.7 Å². The average Bonchev–Trinajstić information content (AvgIpc) is 2.48. The smallest absolute Gasteiger partial charge is 0.0499 e. The Hall–Kier alpha value is -0.380. The summed E-state index contributed by atoms with van der Waals surface area (Å²) in [5, 5.41) is 2.09. The summed E-state index contributed by atoms with van der Waals surface area (Å²) in [5.41, 5.74) is 7.24. The maximum absolute atomic E-state index is 6.20. The fraction of sp³-hybridized carbons (Fsp3) is 0.600. The largest absolute Gasteiger partial charge is 0.385 e. The number of ether oxygens (including phenoxy) is 1. The summed E-state index contributed by atoms with van der Waals surface area (Å²) in [4.78, 5) is 1.27. The molecule has 2 N–H and O–H groups in total. The van der Waals surface area contributed by atoms with Gasteiger partial charge in [-0.2, -0.15) is 0 Å². The number of hydrogen-bond acceptors (Lipinski definition) is 3. The molecule has 0 aliphatic carbocycles. The summed E-state index contributed by atoms with van der Waals surface area (Å²) < 4.78 is 5.04. The van der Waals surface area contributed by atoms with Crippen molar-refractivity contribution in [1.29, 1.82) is 0 Å². The lowest BCUT2D eigenvalue weighted by Gasteiger charge is -2.23. The molecule has 0 aliphatic heterocycles. The number of aryl methyl sites for hydroxylation is 1. The fourth-order valence-electron chi connectivity index (χ4n) is 1.39. The van der Waals surface area contributed by atoms with E-state index in [0.717, 1.165) is 6.42 Å². The second-order valence-corrected chi connectivity index (χ2v) is 4.51. The van der Waals surface area contributed by atoms with Crippen LogP contribution in [0, 0.1) is 6.92 Å². The molecule has 1 rings (SSSR count). The van der Waals surface area contributed by atoms with E-state index in [2.05, 4.69) is 25.3 Å². The number of hydrogen-bond donors (Lipinski definition) is 1. The third-order valence-corrected chi connectivity index (χ3v) is 3.50. The van der Waals surface area contributed by atoms with Gasteiger partial charge in [0.15, 0.2) is 0 Å². The Bertz CT molecular complexity index is 268. The average molecular weight is 199 g/mol. The van der Waals surface area contributed by atoms with Crippen molar-refractivity contribution in [2.45, 2.75) is 25.8 Å². The van der Waals surface area contributed by atoms with E-state index in [1.807, 2.05) is 0 Å². The van der Waals surface area contributed by atoms with Crippen LogP contribution in [0.25, 0.3) is 0 Å². The summed E-state index contributed by atoms with van der Waals surface area (Å²) in [6.45, 7) is 4.87. The van der Waals surface area contributed by atoms with Crippen molar-refractivity contribution >= 4 is 11.3 Å². The second-order valence-electron chi connectivity index (χ2n) is 3.59. The maximum atomic E-state index is 6.20. The first-order valence-electron chi connectivity index (χ1n) is 4.40. The molecule has 13 heavy (non-hydrogen) atoms. The van der Waals surface area contributed by atoms with Crippen LogP contribution in [0.2, 0.25) is 0 Å². The SMILES string of the molecule is COCCC(C)(N)c1sccc1C. The number of thiophene rings is 1. The maximum Gasteiger partial charge on any atom is 0.0499 e. The molecule has 0 bridgehead atoms. The zero-order valence-corrected chi connectivity index (χ0v) is 9.28. The molecular formula is C10H17NOS. The molecule has 0 saturated carbocycles. The van der Waals surface area contributed by atoms with Crippen molar-refractivity contribution in [3.63, 3.8) is 0 Å². The lowest BCUT2D eigenvalue weighted by Crippen LogP contribution is -2.33. The van der Waals surface area contributed by atoms with E-state index in [-0.39, 0.29) is 5.54 Å². The Balaban J connectivity index is 2.74. The van der Waals surface area contributed by atoms with Crippen LogP contribution in [0.15, 0.2) is 11.4 Å². The van der Waals surface area contributed by atoms with E-state index in [0.29, 0.717) is 6.61 Å². The van der Waals surface area contributed by atoms with E-state index in [9.17, 15) is 0 Å². The van der Waals surface area contributed by atoms with Crippen molar-refractivity contribution in [1.82, 2.24) is 0 Å². The van der Waals surface area contributed by atoms with Gasteiger partial charge in [0.1, 0.15) is 0 Å². The van der Waals surface area contributed by atoms with Crippen LogP contribution in [0.3, 0.4) is 0 Å². The minimum absolute atomic E-state index is 0.242. The molecule has 0 fully saturated rings. The normalized spacial score (nSPS) is 15.7. The molecule has 1 heterocycles. The topological polar surface area (TPSA) is 35.2 Å². The summed E-state index contributed by atoms with van der Waals surface area (Å²) >= 11 is 1.73. The summed E-state index contributed by atoms with van der Waals surface area (Å²) in [6.07, 6.45) is 0.866. The van der Waals surface area contributed by atoms with E-state index < -0.39 is 0 Å². The van der Waals surface area contributed by atoms with Gasteiger partial charge in [0.25, 0.3) is 0 Å². The summed E-state index contributed by atoms with van der Waals surface area (Å²) in [5.74, 6) is 0. The molecule has 1 unspecified atom stereocenters. The van der Waals surface area contributed by atoms with Crippen LogP contribution in [0.4, 0.5) is 0 Å². The van der Waals surface area contributed by atoms with Crippen LogP contribution in [-0.2, 0) is 10.3 Å². The van der Waals surface area contributed by atoms with Gasteiger partial charge >= 0.3 is 0 Å². The Morgan fingerprint density at radius 1 is 1.62 bits per heavy atom. The Kier molecular flexibility index (Phi) is 3.47. The fourth-order valence-corrected chi connectivity index (χ4v) is 2.42. The van der Waals surface area contributed by atoms with Gasteiger partial charge in [-0.1, -0.05) is 0 Å². The highest BCUT2D eigenvalue weighted by atomic mass is 32.1. The highest BCUT2D eigenvalue weighted by Crippen LogP contribution is 2.29. The molecule has 0 spiro atoms. The van der Waals surface area contributed by atoms with Crippen LogP contribution in [0.5, 0.6) is 0 Å². The summed E-state index contributed by atoms with van der Waals surface area (Å²) in [7, 11) is 1.71. The molecule has 0 aliphatic rings. The molecule has 0 radical (unpaired) electrons. The predicted octanol–water partition coefficient (Wildman–Crippen LogP) is 2.27. The zero-order chi connectivity index (χ0) is 9.90. The number of rotatable bonds is 4. The standard InChI is InChI=1S/C10H17NOS/c1-8-4-7-13-9(8)10(2,11)5-6-12-3/h4,7H,5-6,11H2,1-3H3. The molecule has 3 heteroatoms. The molecule has 1 aromatic heterocycles. The Morgan fingerprint density at radius 2 is 2.31 bits per heavy atom. The van der Waals surface area contributed by atoms with Gasteiger partial charge in [0.05, 0.1) is 0 Å². The van der Waals surface area contributed by atoms with Crippen molar-refractivity contribution in [3.8, 4) is 0 Å².